The van der Waals surface area contributed by atoms with Crippen molar-refractivity contribution >= 4 is 59.9 Å². The van der Waals surface area contributed by atoms with E-state index in [-0.39, 0.29) is 10.8 Å². The van der Waals surface area contributed by atoms with Gasteiger partial charge in [-0.05, 0) is 75.6 Å². The van der Waals surface area contributed by atoms with Crippen LogP contribution in [0.1, 0.15) is 16.8 Å². The van der Waals surface area contributed by atoms with Crippen molar-refractivity contribution in [3.63, 3.8) is 0 Å². The van der Waals surface area contributed by atoms with Crippen molar-refractivity contribution in [2.75, 3.05) is 43.9 Å². The summed E-state index contributed by atoms with van der Waals surface area (Å²) in [5.74, 6) is 0.336. The van der Waals surface area contributed by atoms with Gasteiger partial charge in [0.05, 0.1) is 21.7 Å². The van der Waals surface area contributed by atoms with Crippen molar-refractivity contribution in [2.24, 2.45) is 0 Å². The topological polar surface area (TPSA) is 91.8 Å². The number of carbonyl (C=O) groups is 1. The molecule has 0 fully saturated rings. The number of halogens is 1. The molecule has 0 saturated heterocycles. The molecular formula is C26H27ClN4O4S2. The van der Waals surface area contributed by atoms with Crippen molar-refractivity contribution < 1.29 is 17.9 Å². The number of nitrogens with zero attached hydrogens (tertiary/aromatic N) is 3. The van der Waals surface area contributed by atoms with Crippen molar-refractivity contribution in [3.05, 3.63) is 77.3 Å². The quantitative estimate of drug-likeness (QED) is 0.282. The predicted octanol–water partition coefficient (Wildman–Crippen LogP) is 5.36. The highest BCUT2D eigenvalue weighted by molar-refractivity contribution is 7.92. The first-order valence-electron chi connectivity index (χ1n) is 11.5. The zero-order valence-electron chi connectivity index (χ0n) is 20.6. The minimum absolute atomic E-state index is 0.159. The standard InChI is InChI=1S/C26H27ClN4O4S2/c1-30(2)16-7-17-31(26-28-23-22(35-3)15-14-21(27)24(23)36-26)25(32)18-10-12-19(13-11-18)29-37(33,34)20-8-5-4-6-9-20/h4-6,8-15,29H,7,16-17H2,1-3H3. The predicted molar refractivity (Wildman–Crippen MR) is 150 cm³/mol. The second-order valence-corrected chi connectivity index (χ2v) is 11.6. The number of thiazole rings is 1. The van der Waals surface area contributed by atoms with E-state index in [9.17, 15) is 13.2 Å². The molecular weight excluding hydrogens is 532 g/mol. The molecule has 0 aliphatic carbocycles. The molecule has 194 valence electrons. The lowest BCUT2D eigenvalue weighted by atomic mass is 10.2. The van der Waals surface area contributed by atoms with Gasteiger partial charge in [0, 0.05) is 17.8 Å². The van der Waals surface area contributed by atoms with Crippen LogP contribution in [-0.4, -0.2) is 58.5 Å². The summed E-state index contributed by atoms with van der Waals surface area (Å²) in [5.41, 5.74) is 1.37. The van der Waals surface area contributed by atoms with E-state index in [0.29, 0.717) is 39.2 Å². The molecule has 11 heteroatoms. The Kier molecular flexibility index (Phi) is 8.33. The maximum Gasteiger partial charge on any atom is 0.261 e. The van der Waals surface area contributed by atoms with E-state index in [1.54, 1.807) is 66.6 Å². The lowest BCUT2D eigenvalue weighted by Gasteiger charge is -2.21. The van der Waals surface area contributed by atoms with E-state index < -0.39 is 10.0 Å². The van der Waals surface area contributed by atoms with Crippen LogP contribution in [0.3, 0.4) is 0 Å². The van der Waals surface area contributed by atoms with Crippen LogP contribution in [0.2, 0.25) is 5.02 Å². The molecule has 1 N–H and O–H groups in total. The maximum atomic E-state index is 13.6. The van der Waals surface area contributed by atoms with E-state index in [1.165, 1.54) is 23.5 Å². The number of aromatic nitrogens is 1. The molecule has 1 heterocycles. The van der Waals surface area contributed by atoms with Crippen LogP contribution < -0.4 is 14.4 Å². The number of anilines is 2. The van der Waals surface area contributed by atoms with Gasteiger partial charge in [-0.15, -0.1) is 0 Å². The fourth-order valence-electron chi connectivity index (χ4n) is 3.70. The Bertz CT molecular complexity index is 1490. The van der Waals surface area contributed by atoms with Crippen molar-refractivity contribution in [1.82, 2.24) is 9.88 Å². The third-order valence-corrected chi connectivity index (χ3v) is 8.50. The Labute approximate surface area is 225 Å². The number of fused-ring (bicyclic) bond motifs is 1. The zero-order chi connectivity index (χ0) is 26.6. The molecule has 0 saturated carbocycles. The van der Waals surface area contributed by atoms with Crippen molar-refractivity contribution in [2.45, 2.75) is 11.3 Å². The normalized spacial score (nSPS) is 11.6. The minimum Gasteiger partial charge on any atom is -0.494 e. The Balaban J connectivity index is 1.62. The Hall–Kier alpha value is -3.18. The third kappa shape index (κ3) is 6.22. The summed E-state index contributed by atoms with van der Waals surface area (Å²) < 4.78 is 34.0. The van der Waals surface area contributed by atoms with E-state index >= 15 is 0 Å². The molecule has 1 aromatic heterocycles. The smallest absolute Gasteiger partial charge is 0.261 e. The number of hydrogen-bond donors (Lipinski definition) is 1. The number of amides is 1. The van der Waals surface area contributed by atoms with Gasteiger partial charge in [-0.1, -0.05) is 41.1 Å². The Morgan fingerprint density at radius 1 is 1.03 bits per heavy atom. The fourth-order valence-corrected chi connectivity index (χ4v) is 6.06. The first-order valence-corrected chi connectivity index (χ1v) is 14.1. The van der Waals surface area contributed by atoms with Gasteiger partial charge in [-0.25, -0.2) is 13.4 Å². The number of carbonyl (C=O) groups excluding carboxylic acids is 1. The number of hydrogen-bond acceptors (Lipinski definition) is 7. The second kappa shape index (κ2) is 11.5. The van der Waals surface area contributed by atoms with Crippen LogP contribution in [0, 0.1) is 0 Å². The number of methoxy groups -OCH3 is 1. The molecule has 0 unspecified atom stereocenters. The number of ether oxygens (including phenoxy) is 1. The van der Waals surface area contributed by atoms with Gasteiger partial charge in [0.2, 0.25) is 0 Å². The van der Waals surface area contributed by atoms with Gasteiger partial charge in [-0.2, -0.15) is 0 Å². The highest BCUT2D eigenvalue weighted by atomic mass is 35.5. The highest BCUT2D eigenvalue weighted by Crippen LogP contribution is 2.39. The molecule has 8 nitrogen and oxygen atoms in total. The fraction of sp³-hybridized carbons (Fsp3) is 0.231. The number of rotatable bonds is 10. The summed E-state index contributed by atoms with van der Waals surface area (Å²) in [4.78, 5) is 22.2. The summed E-state index contributed by atoms with van der Waals surface area (Å²) in [6, 6.07) is 18.0. The summed E-state index contributed by atoms with van der Waals surface area (Å²) in [6.45, 7) is 1.23. The number of benzene rings is 3. The molecule has 4 aromatic rings. The van der Waals surface area contributed by atoms with Crippen LogP contribution in [-0.2, 0) is 10.0 Å². The van der Waals surface area contributed by atoms with E-state index in [4.69, 9.17) is 21.3 Å². The third-order valence-electron chi connectivity index (χ3n) is 5.57. The molecule has 0 bridgehead atoms. The highest BCUT2D eigenvalue weighted by Gasteiger charge is 2.23. The van der Waals surface area contributed by atoms with Gasteiger partial charge in [0.15, 0.2) is 5.13 Å². The molecule has 0 aliphatic heterocycles. The van der Waals surface area contributed by atoms with Gasteiger partial charge < -0.3 is 9.64 Å². The van der Waals surface area contributed by atoms with Crippen molar-refractivity contribution in [1.29, 1.82) is 0 Å². The summed E-state index contributed by atoms with van der Waals surface area (Å²) >= 11 is 7.74. The lowest BCUT2D eigenvalue weighted by Crippen LogP contribution is -2.33. The lowest BCUT2D eigenvalue weighted by molar-refractivity contribution is 0.0986. The monoisotopic (exact) mass is 558 g/mol. The number of nitrogens with one attached hydrogen (secondary N) is 1. The van der Waals surface area contributed by atoms with E-state index in [0.717, 1.165) is 17.7 Å². The molecule has 4 rings (SSSR count). The Morgan fingerprint density at radius 3 is 2.38 bits per heavy atom. The maximum absolute atomic E-state index is 13.6. The van der Waals surface area contributed by atoms with E-state index in [1.807, 2.05) is 14.1 Å². The van der Waals surface area contributed by atoms with Crippen LogP contribution >= 0.6 is 22.9 Å². The second-order valence-electron chi connectivity index (χ2n) is 8.53. The van der Waals surface area contributed by atoms with Gasteiger partial charge in [0.1, 0.15) is 11.3 Å². The summed E-state index contributed by atoms with van der Waals surface area (Å²) in [5, 5.41) is 1.05. The average molecular weight is 559 g/mol. The minimum atomic E-state index is -3.73. The van der Waals surface area contributed by atoms with Gasteiger partial charge in [-0.3, -0.25) is 14.4 Å². The van der Waals surface area contributed by atoms with Crippen LogP contribution in [0.4, 0.5) is 10.8 Å². The molecule has 1 amide bonds. The van der Waals surface area contributed by atoms with Gasteiger partial charge >= 0.3 is 0 Å². The van der Waals surface area contributed by atoms with Crippen LogP contribution in [0.15, 0.2) is 71.6 Å². The van der Waals surface area contributed by atoms with Crippen LogP contribution in [0.25, 0.3) is 10.2 Å². The first kappa shape index (κ1) is 26.9. The molecule has 3 aromatic carbocycles. The molecule has 37 heavy (non-hydrogen) atoms. The molecule has 0 atom stereocenters. The molecule has 0 aliphatic rings. The largest absolute Gasteiger partial charge is 0.494 e. The van der Waals surface area contributed by atoms with Gasteiger partial charge in [0.25, 0.3) is 15.9 Å². The van der Waals surface area contributed by atoms with Crippen molar-refractivity contribution in [3.8, 4) is 5.75 Å². The summed E-state index contributed by atoms with van der Waals surface area (Å²) in [7, 11) is 1.78. The van der Waals surface area contributed by atoms with E-state index in [2.05, 4.69) is 9.62 Å². The van der Waals surface area contributed by atoms with Crippen LogP contribution in [0.5, 0.6) is 5.75 Å². The Morgan fingerprint density at radius 2 is 1.73 bits per heavy atom. The zero-order valence-corrected chi connectivity index (χ0v) is 23.0. The summed E-state index contributed by atoms with van der Waals surface area (Å²) in [6.07, 6.45) is 0.731. The number of sulfonamides is 1. The first-order chi connectivity index (χ1) is 17.7. The average Bonchev–Trinajstić information content (AvgIpc) is 3.33. The molecule has 0 radical (unpaired) electrons. The molecule has 0 spiro atoms. The SMILES string of the molecule is COc1ccc(Cl)c2sc(N(CCCN(C)C)C(=O)c3ccc(NS(=O)(=O)c4ccccc4)cc3)nc12.